The number of rotatable bonds is 4. The van der Waals surface area contributed by atoms with Crippen LogP contribution in [0.25, 0.3) is 16.6 Å². The van der Waals surface area contributed by atoms with Crippen LogP contribution in [0.2, 0.25) is 0 Å². The van der Waals surface area contributed by atoms with Crippen molar-refractivity contribution in [1.82, 2.24) is 9.61 Å². The summed E-state index contributed by atoms with van der Waals surface area (Å²) < 4.78 is 29.9. The van der Waals surface area contributed by atoms with Gasteiger partial charge in [0.05, 0.1) is 16.6 Å². The zero-order valence-corrected chi connectivity index (χ0v) is 14.2. The van der Waals surface area contributed by atoms with Gasteiger partial charge in [-0.15, -0.1) is 0 Å². The van der Waals surface area contributed by atoms with Crippen LogP contribution >= 0.6 is 0 Å². The number of nitrogens with one attached hydrogen (secondary N) is 1. The summed E-state index contributed by atoms with van der Waals surface area (Å²) in [5, 5.41) is 7.59. The lowest BCUT2D eigenvalue weighted by atomic mass is 10.0. The van der Waals surface area contributed by atoms with Crippen molar-refractivity contribution >= 4 is 11.3 Å². The standard InChI is InChI=1S/C21H15F2N3O/c22-15-7-4-8-16(23)20(15)21-17-9-10-19(25-26(17)12-11-18(21)27)24-13-14-5-2-1-3-6-14/h1-12H,13H2,(H,24,25). The fraction of sp³-hybridized carbons (Fsp3) is 0.0476. The molecule has 0 saturated heterocycles. The van der Waals surface area contributed by atoms with Crippen LogP contribution in [0, 0.1) is 11.6 Å². The predicted molar refractivity (Wildman–Crippen MR) is 101 cm³/mol. The predicted octanol–water partition coefficient (Wildman–Crippen LogP) is 4.25. The van der Waals surface area contributed by atoms with Crippen LogP contribution in [0.4, 0.5) is 14.6 Å². The van der Waals surface area contributed by atoms with Gasteiger partial charge >= 0.3 is 0 Å². The topological polar surface area (TPSA) is 46.4 Å². The van der Waals surface area contributed by atoms with Crippen molar-refractivity contribution in [3.8, 4) is 11.1 Å². The van der Waals surface area contributed by atoms with E-state index in [4.69, 9.17) is 0 Å². The van der Waals surface area contributed by atoms with Gasteiger partial charge in [0.1, 0.15) is 17.5 Å². The van der Waals surface area contributed by atoms with Gasteiger partial charge in [-0.2, -0.15) is 5.10 Å². The number of halogens is 2. The second-order valence-electron chi connectivity index (χ2n) is 6.04. The van der Waals surface area contributed by atoms with E-state index in [0.717, 1.165) is 17.7 Å². The highest BCUT2D eigenvalue weighted by Gasteiger charge is 2.17. The molecule has 0 amide bonds. The quantitative estimate of drug-likeness (QED) is 0.590. The van der Waals surface area contributed by atoms with Gasteiger partial charge < -0.3 is 5.32 Å². The first kappa shape index (κ1) is 16.9. The van der Waals surface area contributed by atoms with Crippen LogP contribution in [0.5, 0.6) is 0 Å². The summed E-state index contributed by atoms with van der Waals surface area (Å²) in [7, 11) is 0. The molecule has 0 radical (unpaired) electrons. The molecule has 134 valence electrons. The van der Waals surface area contributed by atoms with E-state index >= 15 is 0 Å². The van der Waals surface area contributed by atoms with Gasteiger partial charge in [0.25, 0.3) is 0 Å². The lowest BCUT2D eigenvalue weighted by Gasteiger charge is -2.11. The molecule has 0 aliphatic rings. The Morgan fingerprint density at radius 1 is 0.852 bits per heavy atom. The maximum atomic E-state index is 14.2. The molecule has 0 aliphatic heterocycles. The molecule has 0 fully saturated rings. The van der Waals surface area contributed by atoms with Gasteiger partial charge in [-0.05, 0) is 29.8 Å². The molecule has 1 N–H and O–H groups in total. The van der Waals surface area contributed by atoms with Crippen molar-refractivity contribution < 1.29 is 8.78 Å². The molecule has 4 aromatic rings. The summed E-state index contributed by atoms with van der Waals surface area (Å²) in [6.45, 7) is 0.578. The molecular weight excluding hydrogens is 348 g/mol. The van der Waals surface area contributed by atoms with Gasteiger partial charge in [0.15, 0.2) is 5.43 Å². The Kier molecular flexibility index (Phi) is 4.38. The van der Waals surface area contributed by atoms with Crippen LogP contribution in [-0.4, -0.2) is 9.61 Å². The van der Waals surface area contributed by atoms with Crippen molar-refractivity contribution in [2.24, 2.45) is 0 Å². The minimum absolute atomic E-state index is 0.0461. The van der Waals surface area contributed by atoms with E-state index < -0.39 is 17.1 Å². The monoisotopic (exact) mass is 363 g/mol. The first-order chi connectivity index (χ1) is 13.1. The summed E-state index contributed by atoms with van der Waals surface area (Å²) >= 11 is 0. The van der Waals surface area contributed by atoms with E-state index in [2.05, 4.69) is 10.4 Å². The van der Waals surface area contributed by atoms with Crippen LogP contribution in [0.15, 0.2) is 77.7 Å². The Morgan fingerprint density at radius 3 is 2.33 bits per heavy atom. The highest BCUT2D eigenvalue weighted by molar-refractivity contribution is 5.80. The Bertz CT molecular complexity index is 1150. The summed E-state index contributed by atoms with van der Waals surface area (Å²) in [4.78, 5) is 12.3. The zero-order valence-electron chi connectivity index (χ0n) is 14.2. The zero-order chi connectivity index (χ0) is 18.8. The van der Waals surface area contributed by atoms with Crippen LogP contribution in [-0.2, 0) is 6.54 Å². The molecule has 4 rings (SSSR count). The molecule has 0 bridgehead atoms. The lowest BCUT2D eigenvalue weighted by molar-refractivity contribution is 0.589. The molecular formula is C21H15F2N3O. The van der Waals surface area contributed by atoms with Gasteiger partial charge in [0.2, 0.25) is 0 Å². The number of benzene rings is 2. The van der Waals surface area contributed by atoms with Gasteiger partial charge in [-0.1, -0.05) is 36.4 Å². The highest BCUT2D eigenvalue weighted by Crippen LogP contribution is 2.27. The fourth-order valence-corrected chi connectivity index (χ4v) is 2.97. The average Bonchev–Trinajstić information content (AvgIpc) is 2.68. The lowest BCUT2D eigenvalue weighted by Crippen LogP contribution is -2.12. The molecule has 0 aliphatic carbocycles. The maximum Gasteiger partial charge on any atom is 0.190 e. The highest BCUT2D eigenvalue weighted by atomic mass is 19.1. The van der Waals surface area contributed by atoms with Crippen molar-refractivity contribution in [1.29, 1.82) is 0 Å². The van der Waals surface area contributed by atoms with Gasteiger partial charge in [-0.25, -0.2) is 13.3 Å². The Balaban J connectivity index is 1.76. The molecule has 27 heavy (non-hydrogen) atoms. The number of pyridine rings is 1. The third-order valence-corrected chi connectivity index (χ3v) is 4.26. The van der Waals surface area contributed by atoms with E-state index in [0.29, 0.717) is 17.9 Å². The summed E-state index contributed by atoms with van der Waals surface area (Å²) in [6, 6.07) is 17.9. The van der Waals surface area contributed by atoms with Gasteiger partial charge in [-0.3, -0.25) is 4.79 Å². The van der Waals surface area contributed by atoms with Gasteiger partial charge in [0, 0.05) is 18.8 Å². The largest absolute Gasteiger partial charge is 0.365 e. The minimum Gasteiger partial charge on any atom is -0.365 e. The van der Waals surface area contributed by atoms with Crippen molar-refractivity contribution in [2.45, 2.75) is 6.54 Å². The molecule has 6 heteroatoms. The average molecular weight is 363 g/mol. The molecule has 2 aromatic heterocycles. The van der Waals surface area contributed by atoms with E-state index in [1.807, 2.05) is 30.3 Å². The van der Waals surface area contributed by atoms with E-state index in [1.165, 1.54) is 22.8 Å². The molecule has 0 saturated carbocycles. The second-order valence-corrected chi connectivity index (χ2v) is 6.04. The van der Waals surface area contributed by atoms with E-state index in [1.54, 1.807) is 12.1 Å². The van der Waals surface area contributed by atoms with Crippen molar-refractivity contribution in [2.75, 3.05) is 5.32 Å². The van der Waals surface area contributed by atoms with E-state index in [9.17, 15) is 13.6 Å². The van der Waals surface area contributed by atoms with E-state index in [-0.39, 0.29) is 11.1 Å². The fourth-order valence-electron chi connectivity index (χ4n) is 2.97. The number of hydrogen-bond donors (Lipinski definition) is 1. The maximum absolute atomic E-state index is 14.2. The number of hydrogen-bond acceptors (Lipinski definition) is 3. The molecule has 0 atom stereocenters. The SMILES string of the molecule is O=c1ccn2nc(NCc3ccccc3)ccc2c1-c1c(F)cccc1F. The third kappa shape index (κ3) is 3.29. The first-order valence-corrected chi connectivity index (χ1v) is 8.38. The summed E-state index contributed by atoms with van der Waals surface area (Å²) in [5.74, 6) is -0.993. The third-order valence-electron chi connectivity index (χ3n) is 4.26. The molecule has 4 nitrogen and oxygen atoms in total. The minimum atomic E-state index is -0.786. The van der Waals surface area contributed by atoms with Crippen LogP contribution in [0.3, 0.4) is 0 Å². The molecule has 0 unspecified atom stereocenters. The molecule has 2 aromatic carbocycles. The summed E-state index contributed by atoms with van der Waals surface area (Å²) in [5.41, 5.74) is 0.568. The Hall–Kier alpha value is -3.54. The van der Waals surface area contributed by atoms with Crippen molar-refractivity contribution in [3.05, 3.63) is 100 Å². The Morgan fingerprint density at radius 2 is 1.59 bits per heavy atom. The number of nitrogens with zero attached hydrogens (tertiary/aromatic N) is 2. The van der Waals surface area contributed by atoms with Crippen molar-refractivity contribution in [3.63, 3.8) is 0 Å². The summed E-state index contributed by atoms with van der Waals surface area (Å²) in [6.07, 6.45) is 1.48. The number of aromatic nitrogens is 2. The molecule has 0 spiro atoms. The van der Waals surface area contributed by atoms with Crippen LogP contribution < -0.4 is 10.7 Å². The molecule has 2 heterocycles. The Labute approximate surface area is 153 Å². The van der Waals surface area contributed by atoms with Crippen LogP contribution in [0.1, 0.15) is 5.56 Å². The second kappa shape index (κ2) is 6.99. The normalized spacial score (nSPS) is 10.9. The number of anilines is 1. The number of fused-ring (bicyclic) bond motifs is 1. The smallest absolute Gasteiger partial charge is 0.190 e. The first-order valence-electron chi connectivity index (χ1n) is 8.38.